The van der Waals surface area contributed by atoms with E-state index in [2.05, 4.69) is 105 Å². The van der Waals surface area contributed by atoms with E-state index in [1.165, 1.54) is 73.6 Å². The monoisotopic (exact) mass is 590 g/mol. The quantitative estimate of drug-likeness (QED) is 0.258. The molecule has 34 heavy (non-hydrogen) atoms. The van der Waals surface area contributed by atoms with Crippen LogP contribution in [0.3, 0.4) is 0 Å². The maximum absolute atomic E-state index is 5.33. The van der Waals surface area contributed by atoms with Crippen LogP contribution in [0.1, 0.15) is 99.7 Å². The van der Waals surface area contributed by atoms with Crippen molar-refractivity contribution in [2.24, 2.45) is 10.3 Å². The molecule has 2 aromatic carbocycles. The summed E-state index contributed by atoms with van der Waals surface area (Å²) < 4.78 is 1.80. The average Bonchev–Trinajstić information content (AvgIpc) is 3.49. The Balaban J connectivity index is 0.000000191. The number of nitrogens with zero attached hydrogens (tertiary/aromatic N) is 2. The first kappa shape index (κ1) is 26.9. The van der Waals surface area contributed by atoms with Crippen LogP contribution >= 0.6 is 31.9 Å². The molecule has 0 bridgehead atoms. The zero-order chi connectivity index (χ0) is 24.2. The second-order valence-corrected chi connectivity index (χ2v) is 10.8. The summed E-state index contributed by atoms with van der Waals surface area (Å²) in [5.74, 6) is 0. The molecule has 184 valence electrons. The summed E-state index contributed by atoms with van der Waals surface area (Å²) in [7, 11) is 0. The predicted molar refractivity (Wildman–Crippen MR) is 149 cm³/mol. The third-order valence-electron chi connectivity index (χ3n) is 6.11. The molecule has 0 saturated carbocycles. The normalized spacial score (nSPS) is 18.9. The molecule has 2 heterocycles. The highest BCUT2D eigenvalue weighted by atomic mass is 79.9. The summed E-state index contributed by atoms with van der Waals surface area (Å²) in [5.41, 5.74) is 5.25. The summed E-state index contributed by atoms with van der Waals surface area (Å²) in [5, 5.41) is 7.82. The highest BCUT2D eigenvalue weighted by Gasteiger charge is 2.21. The van der Waals surface area contributed by atoms with Crippen molar-refractivity contribution in [1.29, 1.82) is 0 Å². The molecule has 4 rings (SSSR count). The number of hydrogen-bond acceptors (Lipinski definition) is 4. The van der Waals surface area contributed by atoms with E-state index in [0.29, 0.717) is 0 Å². The number of hydrogen-bond donors (Lipinski definition) is 0. The lowest BCUT2D eigenvalue weighted by Gasteiger charge is -2.09. The van der Waals surface area contributed by atoms with Gasteiger partial charge in [-0.25, -0.2) is 0 Å². The predicted octanol–water partition coefficient (Wildman–Crippen LogP) is 9.18. The lowest BCUT2D eigenvalue weighted by Crippen LogP contribution is -1.97. The van der Waals surface area contributed by atoms with Gasteiger partial charge in [-0.3, -0.25) is 0 Å². The van der Waals surface area contributed by atoms with E-state index in [1.54, 1.807) is 0 Å². The minimum atomic E-state index is 0.0917. The molecule has 2 atom stereocenters. The Morgan fingerprint density at radius 2 is 1.03 bits per heavy atom. The van der Waals surface area contributed by atoms with Gasteiger partial charge < -0.3 is 9.68 Å². The third kappa shape index (κ3) is 8.84. The molecule has 0 fully saturated rings. The SMILES string of the molecule is CCCCCc1ccc([C@@H]2CC(Br)=NO2)cc1.CCCCCc1ccc([C@H]2CC(Br)=NO2)cc1. The van der Waals surface area contributed by atoms with Gasteiger partial charge in [0.25, 0.3) is 0 Å². The average molecular weight is 592 g/mol. The number of rotatable bonds is 10. The van der Waals surface area contributed by atoms with Crippen LogP contribution in [0.4, 0.5) is 0 Å². The van der Waals surface area contributed by atoms with Crippen molar-refractivity contribution in [3.63, 3.8) is 0 Å². The highest BCUT2D eigenvalue weighted by molar-refractivity contribution is 9.18. The molecule has 0 radical (unpaired) electrons. The van der Waals surface area contributed by atoms with Gasteiger partial charge in [-0.05, 0) is 79.8 Å². The lowest BCUT2D eigenvalue weighted by atomic mass is 10.0. The maximum atomic E-state index is 5.33. The molecule has 0 spiro atoms. The first-order valence-corrected chi connectivity index (χ1v) is 14.1. The number of halogens is 2. The van der Waals surface area contributed by atoms with E-state index in [4.69, 9.17) is 9.68 Å². The fourth-order valence-corrected chi connectivity index (χ4v) is 4.77. The molecular weight excluding hydrogens is 556 g/mol. The van der Waals surface area contributed by atoms with Crippen molar-refractivity contribution in [2.75, 3.05) is 0 Å². The van der Waals surface area contributed by atoms with Crippen LogP contribution in [0.15, 0.2) is 58.8 Å². The van der Waals surface area contributed by atoms with Crippen molar-refractivity contribution >= 4 is 41.1 Å². The first-order valence-electron chi connectivity index (χ1n) is 12.5. The van der Waals surface area contributed by atoms with E-state index in [0.717, 1.165) is 22.1 Å². The number of oxime groups is 2. The van der Waals surface area contributed by atoms with E-state index in [-0.39, 0.29) is 12.2 Å². The Bertz CT molecular complexity index is 849. The van der Waals surface area contributed by atoms with Crippen molar-refractivity contribution in [1.82, 2.24) is 0 Å². The summed E-state index contributed by atoms with van der Waals surface area (Å²) in [6.07, 6.45) is 12.0. The van der Waals surface area contributed by atoms with Crippen LogP contribution in [-0.4, -0.2) is 9.24 Å². The maximum Gasteiger partial charge on any atom is 0.158 e. The number of aryl methyl sites for hydroxylation is 2. The second-order valence-electron chi connectivity index (χ2n) is 8.93. The van der Waals surface area contributed by atoms with Gasteiger partial charge in [-0.15, -0.1) is 0 Å². The summed E-state index contributed by atoms with van der Waals surface area (Å²) in [6.45, 7) is 4.47. The molecule has 0 aliphatic carbocycles. The zero-order valence-corrected chi connectivity index (χ0v) is 23.5. The molecule has 0 amide bonds. The molecule has 0 N–H and O–H groups in total. The lowest BCUT2D eigenvalue weighted by molar-refractivity contribution is 0.0857. The second kappa shape index (κ2) is 14.7. The Labute approximate surface area is 221 Å². The molecular formula is C28H36Br2N2O2. The van der Waals surface area contributed by atoms with Gasteiger partial charge in [0.1, 0.15) is 9.24 Å². The van der Waals surface area contributed by atoms with Gasteiger partial charge >= 0.3 is 0 Å². The van der Waals surface area contributed by atoms with Crippen LogP contribution in [0.25, 0.3) is 0 Å². The Hall–Kier alpha value is -1.66. The van der Waals surface area contributed by atoms with E-state index < -0.39 is 0 Å². The van der Waals surface area contributed by atoms with Crippen molar-refractivity contribution < 1.29 is 9.68 Å². The van der Waals surface area contributed by atoms with Crippen LogP contribution in [0.2, 0.25) is 0 Å². The van der Waals surface area contributed by atoms with Gasteiger partial charge in [-0.2, -0.15) is 0 Å². The van der Waals surface area contributed by atoms with Crippen molar-refractivity contribution in [3.8, 4) is 0 Å². The topological polar surface area (TPSA) is 43.2 Å². The molecule has 4 nitrogen and oxygen atoms in total. The van der Waals surface area contributed by atoms with Crippen molar-refractivity contribution in [2.45, 2.75) is 90.3 Å². The fourth-order valence-electron chi connectivity index (χ4n) is 4.01. The third-order valence-corrected chi connectivity index (χ3v) is 7.04. The Morgan fingerprint density at radius 1 is 0.647 bits per heavy atom. The minimum absolute atomic E-state index is 0.0917. The summed E-state index contributed by atoms with van der Waals surface area (Å²) in [6, 6.07) is 17.5. The van der Waals surface area contributed by atoms with Gasteiger partial charge in [-0.1, -0.05) is 98.4 Å². The highest BCUT2D eigenvalue weighted by Crippen LogP contribution is 2.30. The standard InChI is InChI=1S/2C14H18BrNO/c2*1-2-3-4-5-11-6-8-12(9-7-11)13-10-14(15)16-17-13/h2*6-9,13H,2-5,10H2,1H3/t2*13-/m10/s1. The summed E-state index contributed by atoms with van der Waals surface area (Å²) in [4.78, 5) is 10.7. The minimum Gasteiger partial charge on any atom is -0.386 e. The van der Waals surface area contributed by atoms with Gasteiger partial charge in [0, 0.05) is 12.8 Å². The molecule has 0 saturated heterocycles. The fraction of sp³-hybridized carbons (Fsp3) is 0.500. The molecule has 0 unspecified atom stereocenters. The van der Waals surface area contributed by atoms with Gasteiger partial charge in [0.2, 0.25) is 0 Å². The Kier molecular flexibility index (Phi) is 11.6. The molecule has 2 aliphatic rings. The van der Waals surface area contributed by atoms with E-state index in [9.17, 15) is 0 Å². The van der Waals surface area contributed by atoms with Crippen LogP contribution in [0, 0.1) is 0 Å². The molecule has 0 aromatic heterocycles. The van der Waals surface area contributed by atoms with Gasteiger partial charge in [0.15, 0.2) is 12.2 Å². The van der Waals surface area contributed by atoms with Gasteiger partial charge in [0.05, 0.1) is 0 Å². The first-order chi connectivity index (χ1) is 16.6. The van der Waals surface area contributed by atoms with Crippen LogP contribution in [0.5, 0.6) is 0 Å². The largest absolute Gasteiger partial charge is 0.386 e. The zero-order valence-electron chi connectivity index (χ0n) is 20.3. The smallest absolute Gasteiger partial charge is 0.158 e. The van der Waals surface area contributed by atoms with Crippen LogP contribution < -0.4 is 0 Å². The molecule has 2 aromatic rings. The molecule has 2 aliphatic heterocycles. The van der Waals surface area contributed by atoms with Crippen molar-refractivity contribution in [3.05, 3.63) is 70.8 Å². The Morgan fingerprint density at radius 3 is 1.32 bits per heavy atom. The number of benzene rings is 2. The van der Waals surface area contributed by atoms with Crippen LogP contribution in [-0.2, 0) is 22.5 Å². The van der Waals surface area contributed by atoms with E-state index in [1.807, 2.05) is 0 Å². The molecule has 6 heteroatoms. The number of unbranched alkanes of at least 4 members (excludes halogenated alkanes) is 4. The summed E-state index contributed by atoms with van der Waals surface area (Å²) >= 11 is 6.72. The van der Waals surface area contributed by atoms with E-state index >= 15 is 0 Å².